The normalized spacial score (nSPS) is 11.1. The number of hydrogen-bond donors (Lipinski definition) is 2. The Morgan fingerprint density at radius 1 is 1.07 bits per heavy atom. The Labute approximate surface area is 161 Å². The van der Waals surface area contributed by atoms with Crippen LogP contribution in [0.5, 0.6) is 5.75 Å². The van der Waals surface area contributed by atoms with Crippen LogP contribution in [-0.4, -0.2) is 28.0 Å². The average molecular weight is 391 g/mol. The molecule has 0 saturated carbocycles. The van der Waals surface area contributed by atoms with E-state index < -0.39 is 10.0 Å². The second-order valence-corrected chi connectivity index (χ2v) is 7.93. The maximum Gasteiger partial charge on any atom is 0.262 e. The molecule has 0 aliphatic rings. The van der Waals surface area contributed by atoms with Crippen molar-refractivity contribution in [3.8, 4) is 5.75 Å². The molecule has 1 amide bonds. The lowest BCUT2D eigenvalue weighted by Gasteiger charge is -2.12. The van der Waals surface area contributed by atoms with Crippen LogP contribution in [0.1, 0.15) is 42.1 Å². The summed E-state index contributed by atoms with van der Waals surface area (Å²) in [4.78, 5) is 12.4. The number of ether oxygens (including phenoxy) is 1. The number of rotatable bonds is 9. The van der Waals surface area contributed by atoms with E-state index in [0.717, 1.165) is 19.3 Å². The van der Waals surface area contributed by atoms with Gasteiger partial charge in [0.2, 0.25) is 0 Å². The van der Waals surface area contributed by atoms with Gasteiger partial charge in [-0.1, -0.05) is 25.8 Å². The molecule has 146 valence electrons. The maximum absolute atomic E-state index is 12.8. The van der Waals surface area contributed by atoms with E-state index in [1.54, 1.807) is 50.4 Å². The van der Waals surface area contributed by atoms with Gasteiger partial charge in [-0.2, -0.15) is 0 Å². The molecule has 2 N–H and O–H groups in total. The number of anilines is 1. The van der Waals surface area contributed by atoms with Crippen molar-refractivity contribution in [3.05, 3.63) is 53.6 Å². The molecule has 7 heteroatoms. The van der Waals surface area contributed by atoms with Gasteiger partial charge in [-0.05, 0) is 55.3 Å². The lowest BCUT2D eigenvalue weighted by atomic mass is 10.1. The molecule has 0 radical (unpaired) electrons. The minimum Gasteiger partial charge on any atom is -0.497 e. The largest absolute Gasteiger partial charge is 0.497 e. The van der Waals surface area contributed by atoms with E-state index in [1.165, 1.54) is 6.07 Å². The van der Waals surface area contributed by atoms with E-state index in [-0.39, 0.29) is 10.8 Å². The van der Waals surface area contributed by atoms with Gasteiger partial charge in [-0.3, -0.25) is 9.52 Å². The number of hydrogen-bond acceptors (Lipinski definition) is 4. The molecule has 0 aromatic heterocycles. The van der Waals surface area contributed by atoms with Crippen molar-refractivity contribution in [3.63, 3.8) is 0 Å². The topological polar surface area (TPSA) is 84.5 Å². The van der Waals surface area contributed by atoms with Gasteiger partial charge < -0.3 is 10.1 Å². The van der Waals surface area contributed by atoms with E-state index in [4.69, 9.17) is 4.74 Å². The first-order valence-corrected chi connectivity index (χ1v) is 10.4. The highest BCUT2D eigenvalue weighted by Gasteiger charge is 2.19. The molecule has 2 aromatic carbocycles. The van der Waals surface area contributed by atoms with Crippen molar-refractivity contribution < 1.29 is 17.9 Å². The molecule has 0 aliphatic heterocycles. The molecular formula is C20H26N2O4S. The first kappa shape index (κ1) is 20.8. The molecular weight excluding hydrogens is 364 g/mol. The number of carbonyl (C=O) groups excluding carboxylic acids is 1. The zero-order chi connectivity index (χ0) is 19.9. The van der Waals surface area contributed by atoms with Crippen LogP contribution >= 0.6 is 0 Å². The number of benzene rings is 2. The predicted octanol–water partition coefficient (Wildman–Crippen LogP) is 3.72. The molecule has 0 unspecified atom stereocenters. The number of amides is 1. The highest BCUT2D eigenvalue weighted by Crippen LogP contribution is 2.22. The second-order valence-electron chi connectivity index (χ2n) is 6.28. The molecule has 27 heavy (non-hydrogen) atoms. The number of nitrogens with one attached hydrogen (secondary N) is 2. The number of methoxy groups -OCH3 is 1. The van der Waals surface area contributed by atoms with E-state index in [0.29, 0.717) is 29.1 Å². The second kappa shape index (κ2) is 9.41. The Morgan fingerprint density at radius 2 is 1.78 bits per heavy atom. The fourth-order valence-electron chi connectivity index (χ4n) is 2.58. The first-order chi connectivity index (χ1) is 12.9. The lowest BCUT2D eigenvalue weighted by molar-refractivity contribution is 0.0952. The van der Waals surface area contributed by atoms with Crippen LogP contribution in [0.2, 0.25) is 0 Å². The van der Waals surface area contributed by atoms with Gasteiger partial charge in [-0.15, -0.1) is 0 Å². The third kappa shape index (κ3) is 5.72. The Bertz CT molecular complexity index is 877. The zero-order valence-electron chi connectivity index (χ0n) is 15.9. The SMILES string of the molecule is CCCCCNC(=O)c1ccc(C)c(S(=O)(=O)Nc2ccc(OC)cc2)c1. The molecule has 2 aromatic rings. The standard InChI is InChI=1S/C20H26N2O4S/c1-4-5-6-13-21-20(23)16-8-7-15(2)19(14-16)27(24,25)22-17-9-11-18(26-3)12-10-17/h7-12,14,22H,4-6,13H2,1-3H3,(H,21,23). The van der Waals surface area contributed by atoms with Crippen LogP contribution in [0.3, 0.4) is 0 Å². The van der Waals surface area contributed by atoms with Gasteiger partial charge in [0.15, 0.2) is 0 Å². The summed E-state index contributed by atoms with van der Waals surface area (Å²) in [7, 11) is -2.28. The third-order valence-electron chi connectivity index (χ3n) is 4.15. The van der Waals surface area contributed by atoms with E-state index >= 15 is 0 Å². The van der Waals surface area contributed by atoms with Crippen molar-refractivity contribution in [1.29, 1.82) is 0 Å². The molecule has 0 saturated heterocycles. The zero-order valence-corrected chi connectivity index (χ0v) is 16.7. The molecule has 0 fully saturated rings. The minimum atomic E-state index is -3.82. The van der Waals surface area contributed by atoms with Crippen LogP contribution in [0, 0.1) is 6.92 Å². The molecule has 2 rings (SSSR count). The van der Waals surface area contributed by atoms with Crippen molar-refractivity contribution in [2.75, 3.05) is 18.4 Å². The van der Waals surface area contributed by atoms with E-state index in [9.17, 15) is 13.2 Å². The summed E-state index contributed by atoms with van der Waals surface area (Å²) in [6.07, 6.45) is 3.01. The van der Waals surface area contributed by atoms with Gasteiger partial charge in [0.05, 0.1) is 12.0 Å². The number of unbranched alkanes of at least 4 members (excludes halogenated alkanes) is 2. The van der Waals surface area contributed by atoms with Crippen LogP contribution in [0.15, 0.2) is 47.4 Å². The average Bonchev–Trinajstić information content (AvgIpc) is 2.65. The minimum absolute atomic E-state index is 0.0829. The summed E-state index contributed by atoms with van der Waals surface area (Å²) in [6.45, 7) is 4.37. The van der Waals surface area contributed by atoms with Crippen LogP contribution in [0.25, 0.3) is 0 Å². The fraction of sp³-hybridized carbons (Fsp3) is 0.350. The highest BCUT2D eigenvalue weighted by molar-refractivity contribution is 7.92. The Balaban J connectivity index is 2.18. The Hall–Kier alpha value is -2.54. The first-order valence-electron chi connectivity index (χ1n) is 8.93. The molecule has 0 spiro atoms. The maximum atomic E-state index is 12.8. The molecule has 0 aliphatic carbocycles. The van der Waals surface area contributed by atoms with E-state index in [1.807, 2.05) is 0 Å². The molecule has 0 atom stereocenters. The summed E-state index contributed by atoms with van der Waals surface area (Å²) in [6, 6.07) is 11.3. The predicted molar refractivity (Wildman–Crippen MR) is 107 cm³/mol. The van der Waals surface area contributed by atoms with Crippen LogP contribution in [0.4, 0.5) is 5.69 Å². The van der Waals surface area contributed by atoms with Crippen LogP contribution in [-0.2, 0) is 10.0 Å². The Morgan fingerprint density at radius 3 is 2.41 bits per heavy atom. The molecule has 0 heterocycles. The summed E-state index contributed by atoms with van der Waals surface area (Å²) < 4.78 is 33.2. The third-order valence-corrected chi connectivity index (χ3v) is 5.67. The summed E-state index contributed by atoms with van der Waals surface area (Å²) in [5.74, 6) is 0.364. The van der Waals surface area contributed by atoms with Gasteiger partial charge in [-0.25, -0.2) is 8.42 Å². The molecule has 6 nitrogen and oxygen atoms in total. The van der Waals surface area contributed by atoms with E-state index in [2.05, 4.69) is 17.0 Å². The summed E-state index contributed by atoms with van der Waals surface area (Å²) >= 11 is 0. The Kier molecular flexibility index (Phi) is 7.24. The van der Waals surface area contributed by atoms with Crippen molar-refractivity contribution >= 4 is 21.6 Å². The van der Waals surface area contributed by atoms with Crippen molar-refractivity contribution in [2.24, 2.45) is 0 Å². The number of carbonyl (C=O) groups is 1. The molecule has 0 bridgehead atoms. The summed E-state index contributed by atoms with van der Waals surface area (Å²) in [5.41, 5.74) is 1.32. The van der Waals surface area contributed by atoms with Gasteiger partial charge >= 0.3 is 0 Å². The smallest absolute Gasteiger partial charge is 0.262 e. The van der Waals surface area contributed by atoms with Gasteiger partial charge in [0.25, 0.3) is 15.9 Å². The summed E-state index contributed by atoms with van der Waals surface area (Å²) in [5, 5.41) is 2.83. The van der Waals surface area contributed by atoms with Gasteiger partial charge in [0, 0.05) is 17.8 Å². The number of sulfonamides is 1. The monoisotopic (exact) mass is 390 g/mol. The highest BCUT2D eigenvalue weighted by atomic mass is 32.2. The van der Waals surface area contributed by atoms with Crippen molar-refractivity contribution in [1.82, 2.24) is 5.32 Å². The van der Waals surface area contributed by atoms with Crippen LogP contribution < -0.4 is 14.8 Å². The number of aryl methyl sites for hydroxylation is 1. The van der Waals surface area contributed by atoms with Gasteiger partial charge in [0.1, 0.15) is 5.75 Å². The quantitative estimate of drug-likeness (QED) is 0.639. The van der Waals surface area contributed by atoms with Crippen molar-refractivity contribution in [2.45, 2.75) is 38.0 Å². The fourth-order valence-corrected chi connectivity index (χ4v) is 3.91. The lowest BCUT2D eigenvalue weighted by Crippen LogP contribution is -2.25.